The van der Waals surface area contributed by atoms with Gasteiger partial charge in [-0.15, -0.1) is 0 Å². The molecular weight excluding hydrogens is 258 g/mol. The fourth-order valence-electron chi connectivity index (χ4n) is 2.34. The van der Waals surface area contributed by atoms with E-state index in [1.165, 1.54) is 5.56 Å². The normalized spacial score (nSPS) is 14.3. The van der Waals surface area contributed by atoms with E-state index in [-0.39, 0.29) is 5.91 Å². The highest BCUT2D eigenvalue weighted by Crippen LogP contribution is 2.27. The highest BCUT2D eigenvalue weighted by molar-refractivity contribution is 7.99. The maximum Gasteiger partial charge on any atom is 0.236 e. The number of methoxy groups -OCH3 is 1. The Labute approximate surface area is 119 Å². The molecule has 0 aliphatic carbocycles. The molecule has 0 fully saturated rings. The topological polar surface area (TPSA) is 29.5 Å². The first-order valence-corrected chi connectivity index (χ1v) is 7.93. The van der Waals surface area contributed by atoms with E-state index in [1.807, 2.05) is 17.0 Å². The van der Waals surface area contributed by atoms with Crippen molar-refractivity contribution in [2.75, 3.05) is 36.7 Å². The smallest absolute Gasteiger partial charge is 0.236 e. The summed E-state index contributed by atoms with van der Waals surface area (Å²) < 4.78 is 5.00. The molecule has 19 heavy (non-hydrogen) atoms. The number of para-hydroxylation sites is 1. The second-order valence-electron chi connectivity index (χ2n) is 4.68. The van der Waals surface area contributed by atoms with E-state index in [0.717, 1.165) is 43.9 Å². The van der Waals surface area contributed by atoms with Crippen LogP contribution in [0.4, 0.5) is 5.69 Å². The van der Waals surface area contributed by atoms with Crippen molar-refractivity contribution in [1.82, 2.24) is 0 Å². The molecule has 0 N–H and O–H groups in total. The Morgan fingerprint density at radius 3 is 3.11 bits per heavy atom. The fraction of sp³-hybridized carbons (Fsp3) is 0.533. The standard InChI is InChI=1S/C15H21NO2S/c1-18-10-5-11-19-12-15(17)16-9-4-7-13-6-2-3-8-14(13)16/h2-3,6,8H,4-5,7,9-12H2,1H3. The predicted molar refractivity (Wildman–Crippen MR) is 80.9 cm³/mol. The monoisotopic (exact) mass is 279 g/mol. The van der Waals surface area contributed by atoms with Crippen LogP contribution < -0.4 is 4.90 Å². The van der Waals surface area contributed by atoms with E-state index >= 15 is 0 Å². The number of carbonyl (C=O) groups excluding carboxylic acids is 1. The minimum Gasteiger partial charge on any atom is -0.385 e. The van der Waals surface area contributed by atoms with Crippen LogP contribution in [0.3, 0.4) is 0 Å². The number of fused-ring (bicyclic) bond motifs is 1. The average molecular weight is 279 g/mol. The molecule has 0 unspecified atom stereocenters. The Balaban J connectivity index is 1.86. The van der Waals surface area contributed by atoms with E-state index in [1.54, 1.807) is 18.9 Å². The van der Waals surface area contributed by atoms with Gasteiger partial charge in [0, 0.05) is 25.9 Å². The lowest BCUT2D eigenvalue weighted by Crippen LogP contribution is -2.36. The molecule has 1 aromatic rings. The second kappa shape index (κ2) is 7.56. The summed E-state index contributed by atoms with van der Waals surface area (Å²) in [6, 6.07) is 8.24. The van der Waals surface area contributed by atoms with Crippen molar-refractivity contribution >= 4 is 23.4 Å². The zero-order valence-corrected chi connectivity index (χ0v) is 12.2. The lowest BCUT2D eigenvalue weighted by molar-refractivity contribution is -0.116. The van der Waals surface area contributed by atoms with Crippen molar-refractivity contribution in [2.45, 2.75) is 19.3 Å². The summed E-state index contributed by atoms with van der Waals surface area (Å²) in [4.78, 5) is 14.2. The van der Waals surface area contributed by atoms with Crippen LogP contribution in [0.5, 0.6) is 0 Å². The molecule has 0 radical (unpaired) electrons. The molecule has 1 aliphatic heterocycles. The summed E-state index contributed by atoms with van der Waals surface area (Å²) in [5.41, 5.74) is 2.41. The first kappa shape index (κ1) is 14.4. The van der Waals surface area contributed by atoms with Crippen molar-refractivity contribution in [3.05, 3.63) is 29.8 Å². The van der Waals surface area contributed by atoms with E-state index in [2.05, 4.69) is 12.1 Å². The van der Waals surface area contributed by atoms with Gasteiger partial charge in [-0.2, -0.15) is 11.8 Å². The van der Waals surface area contributed by atoms with Gasteiger partial charge in [0.05, 0.1) is 5.75 Å². The summed E-state index contributed by atoms with van der Waals surface area (Å²) in [6.07, 6.45) is 3.16. The molecule has 1 aromatic carbocycles. The quantitative estimate of drug-likeness (QED) is 0.750. The average Bonchev–Trinajstić information content (AvgIpc) is 2.46. The van der Waals surface area contributed by atoms with Gasteiger partial charge in [-0.05, 0) is 36.6 Å². The molecule has 4 heteroatoms. The molecule has 3 nitrogen and oxygen atoms in total. The van der Waals surface area contributed by atoms with Crippen LogP contribution >= 0.6 is 11.8 Å². The van der Waals surface area contributed by atoms with Crippen LogP contribution in [0.25, 0.3) is 0 Å². The first-order chi connectivity index (χ1) is 9.33. The number of nitrogens with zero attached hydrogens (tertiary/aromatic N) is 1. The zero-order chi connectivity index (χ0) is 13.5. The predicted octanol–water partition coefficient (Wildman–Crippen LogP) is 2.74. The molecule has 1 amide bonds. The van der Waals surface area contributed by atoms with Crippen molar-refractivity contribution in [3.8, 4) is 0 Å². The summed E-state index contributed by atoms with van der Waals surface area (Å²) in [6.45, 7) is 1.63. The van der Waals surface area contributed by atoms with Gasteiger partial charge in [-0.1, -0.05) is 18.2 Å². The number of ether oxygens (including phenoxy) is 1. The largest absolute Gasteiger partial charge is 0.385 e. The molecule has 0 atom stereocenters. The van der Waals surface area contributed by atoms with Crippen molar-refractivity contribution in [3.63, 3.8) is 0 Å². The lowest BCUT2D eigenvalue weighted by Gasteiger charge is -2.29. The van der Waals surface area contributed by atoms with Gasteiger partial charge >= 0.3 is 0 Å². The minimum atomic E-state index is 0.231. The summed E-state index contributed by atoms with van der Waals surface area (Å²) in [5.74, 6) is 1.78. The van der Waals surface area contributed by atoms with Crippen LogP contribution in [0.15, 0.2) is 24.3 Å². The number of thioether (sulfide) groups is 1. The van der Waals surface area contributed by atoms with Crippen molar-refractivity contribution in [2.24, 2.45) is 0 Å². The third-order valence-electron chi connectivity index (χ3n) is 3.27. The van der Waals surface area contributed by atoms with Gasteiger partial charge in [0.1, 0.15) is 0 Å². The maximum absolute atomic E-state index is 12.3. The van der Waals surface area contributed by atoms with Gasteiger partial charge < -0.3 is 9.64 Å². The second-order valence-corrected chi connectivity index (χ2v) is 5.78. The molecule has 0 saturated heterocycles. The number of hydrogen-bond acceptors (Lipinski definition) is 3. The number of aryl methyl sites for hydroxylation is 1. The molecule has 1 heterocycles. The molecule has 0 aromatic heterocycles. The van der Waals surface area contributed by atoms with E-state index in [9.17, 15) is 4.79 Å². The Morgan fingerprint density at radius 1 is 1.42 bits per heavy atom. The van der Waals surface area contributed by atoms with Crippen LogP contribution in [0, 0.1) is 0 Å². The Hall–Kier alpha value is -1.00. The van der Waals surface area contributed by atoms with E-state index < -0.39 is 0 Å². The van der Waals surface area contributed by atoms with Gasteiger partial charge in [0.2, 0.25) is 5.91 Å². The van der Waals surface area contributed by atoms with Crippen LogP contribution in [0.2, 0.25) is 0 Å². The summed E-state index contributed by atoms with van der Waals surface area (Å²) in [7, 11) is 1.71. The minimum absolute atomic E-state index is 0.231. The number of rotatable bonds is 6. The lowest BCUT2D eigenvalue weighted by atomic mass is 10.0. The van der Waals surface area contributed by atoms with E-state index in [4.69, 9.17) is 4.74 Å². The SMILES string of the molecule is COCCCSCC(=O)N1CCCc2ccccc21. The third kappa shape index (κ3) is 3.98. The number of carbonyl (C=O) groups is 1. The van der Waals surface area contributed by atoms with Gasteiger partial charge in [-0.3, -0.25) is 4.79 Å². The van der Waals surface area contributed by atoms with Crippen molar-refractivity contribution < 1.29 is 9.53 Å². The summed E-state index contributed by atoms with van der Waals surface area (Å²) in [5, 5.41) is 0. The molecular formula is C15H21NO2S. The number of amides is 1. The first-order valence-electron chi connectivity index (χ1n) is 6.78. The fourth-order valence-corrected chi connectivity index (χ4v) is 3.13. The molecule has 2 rings (SSSR count). The maximum atomic E-state index is 12.3. The number of benzene rings is 1. The molecule has 0 spiro atoms. The van der Waals surface area contributed by atoms with Gasteiger partial charge in [-0.25, -0.2) is 0 Å². The molecule has 1 aliphatic rings. The zero-order valence-electron chi connectivity index (χ0n) is 11.4. The van der Waals surface area contributed by atoms with Gasteiger partial charge in [0.15, 0.2) is 0 Å². The van der Waals surface area contributed by atoms with Crippen molar-refractivity contribution in [1.29, 1.82) is 0 Å². The number of anilines is 1. The van der Waals surface area contributed by atoms with E-state index in [0.29, 0.717) is 5.75 Å². The Morgan fingerprint density at radius 2 is 2.26 bits per heavy atom. The van der Waals surface area contributed by atoms with Crippen LogP contribution in [-0.2, 0) is 16.0 Å². The Kier molecular flexibility index (Phi) is 5.73. The van der Waals surface area contributed by atoms with Gasteiger partial charge in [0.25, 0.3) is 0 Å². The molecule has 0 saturated carbocycles. The highest BCUT2D eigenvalue weighted by atomic mass is 32.2. The molecule has 104 valence electrons. The highest BCUT2D eigenvalue weighted by Gasteiger charge is 2.21. The van der Waals surface area contributed by atoms with Crippen LogP contribution in [-0.4, -0.2) is 37.7 Å². The van der Waals surface area contributed by atoms with Crippen LogP contribution in [0.1, 0.15) is 18.4 Å². The number of hydrogen-bond donors (Lipinski definition) is 0. The Bertz CT molecular complexity index is 422. The summed E-state index contributed by atoms with van der Waals surface area (Å²) >= 11 is 1.70. The third-order valence-corrected chi connectivity index (χ3v) is 4.30. The molecule has 0 bridgehead atoms.